The van der Waals surface area contributed by atoms with Gasteiger partial charge in [-0.05, 0) is 0 Å². The molecule has 0 spiro atoms. The monoisotopic (exact) mass is 426 g/mol. The second kappa shape index (κ2) is 9.13. The number of carbonyl (C=O) groups is 2. The molecule has 27 heavy (non-hydrogen) atoms. The predicted octanol–water partition coefficient (Wildman–Crippen LogP) is 1.61. The summed E-state index contributed by atoms with van der Waals surface area (Å²) in [4.78, 5) is 33.1. The summed E-state index contributed by atoms with van der Waals surface area (Å²) in [5, 5.41) is 5.62. The molecule has 7 heteroatoms. The molecule has 0 saturated heterocycles. The summed E-state index contributed by atoms with van der Waals surface area (Å²) in [5.41, 5.74) is 2.17. The summed E-state index contributed by atoms with van der Waals surface area (Å²) in [5.74, 6) is 0.217. The first-order valence-electron chi connectivity index (χ1n) is 9.25. The van der Waals surface area contributed by atoms with E-state index in [0.717, 1.165) is 12.1 Å². The van der Waals surface area contributed by atoms with Gasteiger partial charge in [-0.3, -0.25) is 0 Å². The number of hydrogen-bond acceptors (Lipinski definition) is 4. The first kappa shape index (κ1) is 19.6. The van der Waals surface area contributed by atoms with Crippen LogP contribution in [0.1, 0.15) is 53.0 Å². The van der Waals surface area contributed by atoms with Crippen molar-refractivity contribution in [3.63, 3.8) is 0 Å². The molecule has 0 aliphatic heterocycles. The van der Waals surface area contributed by atoms with E-state index in [2.05, 4.69) is 37.5 Å². The maximum absolute atomic E-state index is 12.5. The second-order valence-electron chi connectivity index (χ2n) is 6.80. The molecule has 1 aromatic heterocycles. The van der Waals surface area contributed by atoms with Crippen molar-refractivity contribution in [2.45, 2.75) is 32.1 Å². The van der Waals surface area contributed by atoms with Crippen molar-refractivity contribution >= 4 is 33.1 Å². The quantitative estimate of drug-likeness (QED) is 0.712. The Bertz CT molecular complexity index is 834. The number of nitrogens with zero attached hydrogens (tertiary/aromatic N) is 2. The Morgan fingerprint density at radius 2 is 1.96 bits per heavy atom. The van der Waals surface area contributed by atoms with E-state index in [1.54, 1.807) is 25.4 Å². The minimum absolute atomic E-state index is 0.0781. The molecule has 1 saturated carbocycles. The third-order valence-corrected chi connectivity index (χ3v) is 5.58. The number of rotatable bonds is 5. The van der Waals surface area contributed by atoms with Gasteiger partial charge in [0.05, 0.1) is 0 Å². The summed E-state index contributed by atoms with van der Waals surface area (Å²) in [6.45, 7) is 0.728. The first-order chi connectivity index (χ1) is 13.1. The SMILES string of the molecule is CNC(=O)c1nc(-c2cccc(C(=O)NCC3CCCCC3)c2)cnc1[As]. The van der Waals surface area contributed by atoms with Crippen molar-refractivity contribution in [1.29, 1.82) is 0 Å². The Hall–Kier alpha value is -2.20. The van der Waals surface area contributed by atoms with Crippen molar-refractivity contribution in [3.05, 3.63) is 41.7 Å². The third-order valence-electron chi connectivity index (χ3n) is 4.89. The van der Waals surface area contributed by atoms with Crippen LogP contribution in [0.3, 0.4) is 0 Å². The fraction of sp³-hybridized carbons (Fsp3) is 0.400. The molecule has 2 aromatic rings. The van der Waals surface area contributed by atoms with Crippen LogP contribution in [-0.4, -0.2) is 52.2 Å². The van der Waals surface area contributed by atoms with Gasteiger partial charge in [-0.15, -0.1) is 0 Å². The van der Waals surface area contributed by atoms with Gasteiger partial charge in [0.2, 0.25) is 0 Å². The average Bonchev–Trinajstić information content (AvgIpc) is 2.72. The molecule has 1 aromatic carbocycles. The van der Waals surface area contributed by atoms with Crippen molar-refractivity contribution in [2.24, 2.45) is 5.92 Å². The van der Waals surface area contributed by atoms with Gasteiger partial charge in [0.1, 0.15) is 0 Å². The van der Waals surface area contributed by atoms with E-state index in [9.17, 15) is 9.59 Å². The van der Waals surface area contributed by atoms with Crippen LogP contribution < -0.4 is 15.1 Å². The molecule has 1 heterocycles. The van der Waals surface area contributed by atoms with Gasteiger partial charge in [-0.2, -0.15) is 0 Å². The van der Waals surface area contributed by atoms with E-state index in [-0.39, 0.29) is 17.5 Å². The zero-order valence-corrected chi connectivity index (χ0v) is 17.2. The van der Waals surface area contributed by atoms with E-state index in [4.69, 9.17) is 0 Å². The van der Waals surface area contributed by atoms with E-state index < -0.39 is 0 Å². The Labute approximate surface area is 168 Å². The Balaban J connectivity index is 1.75. The Morgan fingerprint density at radius 1 is 1.19 bits per heavy atom. The predicted molar refractivity (Wildman–Crippen MR) is 105 cm³/mol. The van der Waals surface area contributed by atoms with E-state index in [1.807, 2.05) is 12.1 Å². The minimum atomic E-state index is -0.290. The number of benzene rings is 1. The molecule has 2 amide bonds. The Morgan fingerprint density at radius 3 is 2.70 bits per heavy atom. The van der Waals surface area contributed by atoms with Gasteiger partial charge in [-0.1, -0.05) is 19.3 Å². The fourth-order valence-corrected chi connectivity index (χ4v) is 3.78. The summed E-state index contributed by atoms with van der Waals surface area (Å²) in [7, 11) is 1.56. The van der Waals surface area contributed by atoms with Crippen LogP contribution >= 0.6 is 0 Å². The molecule has 0 atom stereocenters. The molecule has 140 valence electrons. The van der Waals surface area contributed by atoms with Gasteiger partial charge >= 0.3 is 149 Å². The van der Waals surface area contributed by atoms with Gasteiger partial charge in [0.15, 0.2) is 0 Å². The molecule has 0 unspecified atom stereocenters. The fourth-order valence-electron chi connectivity index (χ4n) is 3.34. The Kier molecular flexibility index (Phi) is 6.62. The van der Waals surface area contributed by atoms with Crippen LogP contribution in [0.15, 0.2) is 30.5 Å². The van der Waals surface area contributed by atoms with E-state index in [1.165, 1.54) is 32.1 Å². The zero-order valence-electron chi connectivity index (χ0n) is 15.4. The van der Waals surface area contributed by atoms with Crippen LogP contribution in [0.4, 0.5) is 0 Å². The van der Waals surface area contributed by atoms with Crippen molar-refractivity contribution in [2.75, 3.05) is 13.6 Å². The van der Waals surface area contributed by atoms with Crippen LogP contribution in [0, 0.1) is 5.92 Å². The topological polar surface area (TPSA) is 84.0 Å². The third kappa shape index (κ3) is 4.95. The van der Waals surface area contributed by atoms with Gasteiger partial charge in [0.25, 0.3) is 0 Å². The van der Waals surface area contributed by atoms with E-state index >= 15 is 0 Å². The van der Waals surface area contributed by atoms with Gasteiger partial charge in [0, 0.05) is 0 Å². The summed E-state index contributed by atoms with van der Waals surface area (Å²) >= 11 is 2.24. The van der Waals surface area contributed by atoms with Crippen LogP contribution in [0.2, 0.25) is 0 Å². The normalized spacial score (nSPS) is 14.6. The number of aromatic nitrogens is 2. The summed E-state index contributed by atoms with van der Waals surface area (Å²) in [6.07, 6.45) is 7.82. The van der Waals surface area contributed by atoms with Crippen LogP contribution in [-0.2, 0) is 0 Å². The molecule has 6 nitrogen and oxygen atoms in total. The average molecular weight is 426 g/mol. The van der Waals surface area contributed by atoms with Crippen LogP contribution in [0.5, 0.6) is 0 Å². The number of hydrogen-bond donors (Lipinski definition) is 2. The molecule has 1 fully saturated rings. The van der Waals surface area contributed by atoms with Crippen LogP contribution in [0.25, 0.3) is 11.3 Å². The molecule has 2 radical (unpaired) electrons. The first-order valence-corrected chi connectivity index (χ1v) is 10.2. The van der Waals surface area contributed by atoms with Crippen molar-refractivity contribution in [1.82, 2.24) is 20.6 Å². The molecular weight excluding hydrogens is 403 g/mol. The van der Waals surface area contributed by atoms with Crippen molar-refractivity contribution in [3.8, 4) is 11.3 Å². The number of amides is 2. The summed E-state index contributed by atoms with van der Waals surface area (Å²) in [6, 6.07) is 7.26. The number of carbonyl (C=O) groups excluding carboxylic acids is 2. The molecule has 1 aliphatic carbocycles. The maximum atomic E-state index is 12.5. The molecule has 2 N–H and O–H groups in total. The molecular formula is C20H23AsN4O2. The molecule has 0 bridgehead atoms. The summed E-state index contributed by atoms with van der Waals surface area (Å²) < 4.78 is 0.506. The molecule has 3 rings (SSSR count). The van der Waals surface area contributed by atoms with Gasteiger partial charge in [-0.25, -0.2) is 0 Å². The zero-order chi connectivity index (χ0) is 19.2. The van der Waals surface area contributed by atoms with Gasteiger partial charge < -0.3 is 0 Å². The molecule has 1 aliphatic rings. The van der Waals surface area contributed by atoms with E-state index in [0.29, 0.717) is 21.7 Å². The van der Waals surface area contributed by atoms with Crippen molar-refractivity contribution < 1.29 is 9.59 Å². The second-order valence-corrected chi connectivity index (χ2v) is 7.69. The standard InChI is InChI=1S/C20H23AsN4O2/c1-22-20(27)17-18(21)23-12-16(25-17)14-8-5-9-15(10-14)19(26)24-11-13-6-3-2-4-7-13/h5,8-10,12-13H,2-4,6-7,11H2,1H3,(H,22,27)(H,24,26). The number of nitrogens with one attached hydrogen (secondary N) is 2.